The molecular weight excluding hydrogens is 210 g/mol. The molecule has 0 amide bonds. The van der Waals surface area contributed by atoms with Crippen LogP contribution in [0.4, 0.5) is 17.6 Å². The molecule has 15 heavy (non-hydrogen) atoms. The molecule has 0 aliphatic carbocycles. The molecule has 0 saturated heterocycles. The van der Waals surface area contributed by atoms with Crippen LogP contribution in [-0.4, -0.2) is 6.18 Å². The quantitative estimate of drug-likeness (QED) is 0.763. The van der Waals surface area contributed by atoms with Crippen molar-refractivity contribution in [3.05, 3.63) is 35.6 Å². The van der Waals surface area contributed by atoms with Crippen LogP contribution in [0.25, 0.3) is 0 Å². The lowest BCUT2D eigenvalue weighted by atomic mass is 9.87. The van der Waals surface area contributed by atoms with Gasteiger partial charge in [0, 0.05) is 0 Å². The van der Waals surface area contributed by atoms with E-state index < -0.39 is 17.5 Å². The molecule has 0 aromatic heterocycles. The first-order valence-electron chi connectivity index (χ1n) is 4.43. The maximum Gasteiger partial charge on any atom is 0.410 e. The van der Waals surface area contributed by atoms with Crippen LogP contribution < -0.4 is 5.73 Å². The third-order valence-corrected chi connectivity index (χ3v) is 2.40. The second-order valence-electron chi connectivity index (χ2n) is 3.33. The summed E-state index contributed by atoms with van der Waals surface area (Å²) in [5.41, 5.74) is 2.54. The van der Waals surface area contributed by atoms with E-state index in [2.05, 4.69) is 0 Å². The average molecular weight is 221 g/mol. The maximum atomic E-state index is 12.8. The lowest BCUT2D eigenvalue weighted by molar-refractivity contribution is -0.190. The molecule has 1 rings (SSSR count). The Balaban J connectivity index is 3.23. The predicted molar refractivity (Wildman–Crippen MR) is 48.6 cm³/mol. The molecule has 84 valence electrons. The molecule has 1 aromatic carbocycles. The van der Waals surface area contributed by atoms with Gasteiger partial charge in [0.15, 0.2) is 0 Å². The van der Waals surface area contributed by atoms with E-state index in [1.165, 1.54) is 19.1 Å². The van der Waals surface area contributed by atoms with Gasteiger partial charge in [-0.25, -0.2) is 4.39 Å². The van der Waals surface area contributed by atoms with Crippen molar-refractivity contribution in [3.63, 3.8) is 0 Å². The highest BCUT2D eigenvalue weighted by Crippen LogP contribution is 2.39. The standard InChI is InChI=1S/C10H11F4N/c1-2-9(15,10(12,13)14)7-4-3-5-8(11)6-7/h3-6H,2,15H2,1H3. The summed E-state index contributed by atoms with van der Waals surface area (Å²) in [6.07, 6.45) is -4.92. The third kappa shape index (κ3) is 2.12. The van der Waals surface area contributed by atoms with Gasteiger partial charge in [-0.3, -0.25) is 0 Å². The van der Waals surface area contributed by atoms with Crippen molar-refractivity contribution in [1.29, 1.82) is 0 Å². The molecule has 1 aromatic rings. The summed E-state index contributed by atoms with van der Waals surface area (Å²) >= 11 is 0. The number of rotatable bonds is 2. The first kappa shape index (κ1) is 12.0. The SMILES string of the molecule is CCC(N)(c1cccc(F)c1)C(F)(F)F. The van der Waals surface area contributed by atoms with Crippen molar-refractivity contribution in [3.8, 4) is 0 Å². The lowest BCUT2D eigenvalue weighted by Crippen LogP contribution is -2.49. The van der Waals surface area contributed by atoms with Crippen molar-refractivity contribution in [1.82, 2.24) is 0 Å². The van der Waals surface area contributed by atoms with Crippen LogP contribution in [0.2, 0.25) is 0 Å². The molecule has 0 radical (unpaired) electrons. The highest BCUT2D eigenvalue weighted by Gasteiger charge is 2.51. The summed E-state index contributed by atoms with van der Waals surface area (Å²) in [5.74, 6) is -0.722. The van der Waals surface area contributed by atoms with Crippen LogP contribution in [0.5, 0.6) is 0 Å². The van der Waals surface area contributed by atoms with Gasteiger partial charge >= 0.3 is 6.18 Å². The molecule has 5 heteroatoms. The highest BCUT2D eigenvalue weighted by atomic mass is 19.4. The molecule has 1 unspecified atom stereocenters. The number of nitrogens with two attached hydrogens (primary N) is 1. The molecule has 0 heterocycles. The Morgan fingerprint density at radius 2 is 1.87 bits per heavy atom. The monoisotopic (exact) mass is 221 g/mol. The molecule has 0 bridgehead atoms. The fourth-order valence-corrected chi connectivity index (χ4v) is 1.33. The van der Waals surface area contributed by atoms with Crippen molar-refractivity contribution < 1.29 is 17.6 Å². The topological polar surface area (TPSA) is 26.0 Å². The normalized spacial score (nSPS) is 16.1. The molecule has 0 aliphatic rings. The second kappa shape index (κ2) is 3.81. The van der Waals surface area contributed by atoms with Gasteiger partial charge in [0.25, 0.3) is 0 Å². The van der Waals surface area contributed by atoms with Crippen LogP contribution in [-0.2, 0) is 5.54 Å². The zero-order valence-electron chi connectivity index (χ0n) is 8.11. The van der Waals surface area contributed by atoms with E-state index in [1.807, 2.05) is 0 Å². The largest absolute Gasteiger partial charge is 0.410 e. The summed E-state index contributed by atoms with van der Waals surface area (Å²) in [4.78, 5) is 0. The Hall–Kier alpha value is -1.10. The zero-order valence-corrected chi connectivity index (χ0v) is 8.11. The molecule has 0 aliphatic heterocycles. The minimum atomic E-state index is -4.59. The van der Waals surface area contributed by atoms with E-state index in [0.717, 1.165) is 12.1 Å². The van der Waals surface area contributed by atoms with Crippen LogP contribution in [0, 0.1) is 5.82 Å². The third-order valence-electron chi connectivity index (χ3n) is 2.40. The molecular formula is C10H11F4N. The summed E-state index contributed by atoms with van der Waals surface area (Å²) < 4.78 is 50.8. The zero-order chi connectivity index (χ0) is 11.7. The Kier molecular flexibility index (Phi) is 3.04. The van der Waals surface area contributed by atoms with Gasteiger partial charge in [0.2, 0.25) is 0 Å². The van der Waals surface area contributed by atoms with Crippen LogP contribution in [0.1, 0.15) is 18.9 Å². The Labute approximate surface area is 84.9 Å². The van der Waals surface area contributed by atoms with Crippen molar-refractivity contribution in [2.24, 2.45) is 5.73 Å². The fourth-order valence-electron chi connectivity index (χ4n) is 1.33. The summed E-state index contributed by atoms with van der Waals surface area (Å²) in [6.45, 7) is 1.32. The predicted octanol–water partition coefficient (Wildman–Crippen LogP) is 2.95. The maximum absolute atomic E-state index is 12.8. The Morgan fingerprint density at radius 3 is 2.27 bits per heavy atom. The molecule has 0 spiro atoms. The van der Waals surface area contributed by atoms with E-state index in [9.17, 15) is 17.6 Å². The molecule has 0 saturated carbocycles. The van der Waals surface area contributed by atoms with Gasteiger partial charge in [-0.1, -0.05) is 19.1 Å². The number of hydrogen-bond donors (Lipinski definition) is 1. The van der Waals surface area contributed by atoms with Gasteiger partial charge in [0.05, 0.1) is 0 Å². The minimum absolute atomic E-state index is 0.252. The van der Waals surface area contributed by atoms with Crippen molar-refractivity contribution >= 4 is 0 Å². The lowest BCUT2D eigenvalue weighted by Gasteiger charge is -2.31. The van der Waals surface area contributed by atoms with Crippen LogP contribution >= 0.6 is 0 Å². The number of benzene rings is 1. The first-order chi connectivity index (χ1) is 6.81. The number of hydrogen-bond acceptors (Lipinski definition) is 1. The van der Waals surface area contributed by atoms with E-state index in [-0.39, 0.29) is 12.0 Å². The van der Waals surface area contributed by atoms with Crippen LogP contribution in [0.15, 0.2) is 24.3 Å². The van der Waals surface area contributed by atoms with E-state index in [0.29, 0.717) is 0 Å². The molecule has 2 N–H and O–H groups in total. The average Bonchev–Trinajstić information content (AvgIpc) is 2.14. The van der Waals surface area contributed by atoms with Gasteiger partial charge in [-0.2, -0.15) is 13.2 Å². The molecule has 1 atom stereocenters. The van der Waals surface area contributed by atoms with E-state index in [1.54, 1.807) is 0 Å². The summed E-state index contributed by atoms with van der Waals surface area (Å²) in [6, 6.07) is 4.29. The first-order valence-corrected chi connectivity index (χ1v) is 4.43. The number of alkyl halides is 3. The Bertz CT molecular complexity index is 348. The minimum Gasteiger partial charge on any atom is -0.314 e. The highest BCUT2D eigenvalue weighted by molar-refractivity contribution is 5.26. The van der Waals surface area contributed by atoms with Crippen molar-refractivity contribution in [2.45, 2.75) is 25.1 Å². The van der Waals surface area contributed by atoms with Gasteiger partial charge in [-0.05, 0) is 24.1 Å². The number of halogens is 4. The second-order valence-corrected chi connectivity index (χ2v) is 3.33. The molecule has 0 fully saturated rings. The Morgan fingerprint density at radius 1 is 1.27 bits per heavy atom. The summed E-state index contributed by atoms with van der Waals surface area (Å²) in [5, 5.41) is 0. The summed E-state index contributed by atoms with van der Waals surface area (Å²) in [7, 11) is 0. The van der Waals surface area contributed by atoms with Gasteiger partial charge in [0.1, 0.15) is 11.4 Å². The smallest absolute Gasteiger partial charge is 0.314 e. The van der Waals surface area contributed by atoms with E-state index >= 15 is 0 Å². The van der Waals surface area contributed by atoms with Crippen LogP contribution in [0.3, 0.4) is 0 Å². The van der Waals surface area contributed by atoms with E-state index in [4.69, 9.17) is 5.73 Å². The van der Waals surface area contributed by atoms with Gasteiger partial charge < -0.3 is 5.73 Å². The molecule has 1 nitrogen and oxygen atoms in total. The van der Waals surface area contributed by atoms with Gasteiger partial charge in [-0.15, -0.1) is 0 Å². The van der Waals surface area contributed by atoms with Crippen molar-refractivity contribution in [2.75, 3.05) is 0 Å². The fraction of sp³-hybridized carbons (Fsp3) is 0.400.